The van der Waals surface area contributed by atoms with E-state index in [-0.39, 0.29) is 4.31 Å². The third-order valence-corrected chi connectivity index (χ3v) is 6.64. The zero-order valence-corrected chi connectivity index (χ0v) is 13.4. The Hall–Kier alpha value is -1.19. The van der Waals surface area contributed by atoms with E-state index >= 15 is 0 Å². The van der Waals surface area contributed by atoms with Crippen LogP contribution >= 0.6 is 11.6 Å². The van der Waals surface area contributed by atoms with Crippen LogP contribution in [0, 0.1) is 5.92 Å². The van der Waals surface area contributed by atoms with Crippen LogP contribution in [-0.4, -0.2) is 35.9 Å². The Morgan fingerprint density at radius 3 is 2.17 bits per heavy atom. The third-order valence-electron chi connectivity index (χ3n) is 4.41. The van der Waals surface area contributed by atoms with Crippen molar-refractivity contribution >= 4 is 21.6 Å². The molecule has 1 fully saturated rings. The van der Waals surface area contributed by atoms with Crippen molar-refractivity contribution in [2.45, 2.75) is 34.5 Å². The van der Waals surface area contributed by atoms with Gasteiger partial charge in [0.15, 0.2) is 0 Å². The summed E-state index contributed by atoms with van der Waals surface area (Å²) in [5.41, 5.74) is -4.02. The summed E-state index contributed by atoms with van der Waals surface area (Å²) in [5.74, 6) is -1.76. The van der Waals surface area contributed by atoms with Crippen molar-refractivity contribution in [1.29, 1.82) is 0 Å². The minimum Gasteiger partial charge on any atom is -0.207 e. The highest BCUT2D eigenvalue weighted by molar-refractivity contribution is 7.89. The predicted octanol–water partition coefficient (Wildman–Crippen LogP) is 3.77. The monoisotopic (exact) mass is 387 g/mol. The number of hydrogen-bond acceptors (Lipinski definition) is 2. The molecule has 0 saturated carbocycles. The largest absolute Gasteiger partial charge is 0.415 e. The first kappa shape index (κ1) is 17.6. The molecular weight excluding hydrogens is 377 g/mol. The van der Waals surface area contributed by atoms with E-state index in [4.69, 9.17) is 11.6 Å². The molecule has 132 valence electrons. The van der Waals surface area contributed by atoms with Gasteiger partial charge >= 0.3 is 11.6 Å². The number of benzene rings is 1. The lowest BCUT2D eigenvalue weighted by Crippen LogP contribution is -2.70. The zero-order chi connectivity index (χ0) is 18.0. The van der Waals surface area contributed by atoms with Gasteiger partial charge in [-0.2, -0.15) is 26.3 Å². The van der Waals surface area contributed by atoms with Crippen molar-refractivity contribution < 1.29 is 30.4 Å². The van der Waals surface area contributed by atoms with E-state index in [1.165, 1.54) is 24.3 Å². The molecule has 2 bridgehead atoms. The van der Waals surface area contributed by atoms with Crippen LogP contribution in [0.15, 0.2) is 47.4 Å². The first-order valence-electron chi connectivity index (χ1n) is 6.85. The van der Waals surface area contributed by atoms with Gasteiger partial charge in [0.1, 0.15) is 0 Å². The number of nitrogens with zero attached hydrogens (tertiary/aromatic N) is 1. The second-order valence-electron chi connectivity index (χ2n) is 5.67. The second kappa shape index (κ2) is 5.15. The fourth-order valence-electron chi connectivity index (χ4n) is 3.49. The molecule has 1 heterocycles. The maximum absolute atomic E-state index is 14.0. The normalized spacial score (nSPS) is 30.9. The van der Waals surface area contributed by atoms with Crippen LogP contribution in [0.5, 0.6) is 0 Å². The van der Waals surface area contributed by atoms with Crippen molar-refractivity contribution in [2.75, 3.05) is 0 Å². The average molecular weight is 388 g/mol. The van der Waals surface area contributed by atoms with Crippen LogP contribution < -0.4 is 0 Å². The summed E-state index contributed by atoms with van der Waals surface area (Å²) in [7, 11) is -4.85. The van der Waals surface area contributed by atoms with Crippen LogP contribution in [-0.2, 0) is 10.0 Å². The highest BCUT2D eigenvalue weighted by Crippen LogP contribution is 2.62. The second-order valence-corrected chi connectivity index (χ2v) is 7.96. The molecule has 2 aliphatic rings. The summed E-state index contributed by atoms with van der Waals surface area (Å²) >= 11 is 4.87. The molecule has 0 unspecified atom stereocenters. The maximum atomic E-state index is 14.0. The summed E-state index contributed by atoms with van der Waals surface area (Å²) in [6.07, 6.45) is -3.80. The Morgan fingerprint density at radius 2 is 1.67 bits per heavy atom. The molecule has 10 heteroatoms. The number of sulfonamides is 1. The smallest absolute Gasteiger partial charge is 0.207 e. The fraction of sp³-hybridized carbons (Fsp3) is 0.429. The molecule has 24 heavy (non-hydrogen) atoms. The molecule has 0 N–H and O–H groups in total. The van der Waals surface area contributed by atoms with E-state index in [1.807, 2.05) is 0 Å². The lowest BCUT2D eigenvalue weighted by Gasteiger charge is -2.46. The lowest BCUT2D eigenvalue weighted by molar-refractivity contribution is -0.269. The molecule has 1 aliphatic carbocycles. The molecular formula is C14H11ClF5NO2S. The van der Waals surface area contributed by atoms with Gasteiger partial charge in [-0.1, -0.05) is 30.4 Å². The summed E-state index contributed by atoms with van der Waals surface area (Å²) in [4.78, 5) is -0.500. The molecule has 0 amide bonds. The van der Waals surface area contributed by atoms with Gasteiger partial charge in [0.2, 0.25) is 15.6 Å². The van der Waals surface area contributed by atoms with E-state index in [2.05, 4.69) is 0 Å². The molecule has 1 aliphatic heterocycles. The van der Waals surface area contributed by atoms with Crippen molar-refractivity contribution in [1.82, 2.24) is 4.31 Å². The van der Waals surface area contributed by atoms with E-state index in [9.17, 15) is 30.4 Å². The van der Waals surface area contributed by atoms with Crippen molar-refractivity contribution in [2.24, 2.45) is 5.92 Å². The van der Waals surface area contributed by atoms with Gasteiger partial charge in [-0.3, -0.25) is 0 Å². The summed E-state index contributed by atoms with van der Waals surface area (Å²) in [6.45, 7) is 0. The molecule has 3 atom stereocenters. The van der Waals surface area contributed by atoms with Crippen molar-refractivity contribution in [3.63, 3.8) is 0 Å². The minimum absolute atomic E-state index is 0.160. The molecule has 3 rings (SSSR count). The van der Waals surface area contributed by atoms with Gasteiger partial charge < -0.3 is 0 Å². The van der Waals surface area contributed by atoms with E-state index in [0.29, 0.717) is 0 Å². The number of halogens is 6. The van der Waals surface area contributed by atoms with E-state index in [0.717, 1.165) is 18.2 Å². The Kier molecular flexibility index (Phi) is 3.79. The van der Waals surface area contributed by atoms with Crippen LogP contribution in [0.2, 0.25) is 0 Å². The first-order chi connectivity index (χ1) is 10.9. The van der Waals surface area contributed by atoms with Crippen molar-refractivity contribution in [3.8, 4) is 0 Å². The van der Waals surface area contributed by atoms with Crippen LogP contribution in [0.1, 0.15) is 6.42 Å². The van der Waals surface area contributed by atoms with Crippen molar-refractivity contribution in [3.05, 3.63) is 42.5 Å². The molecule has 1 saturated heterocycles. The van der Waals surface area contributed by atoms with Gasteiger partial charge in [-0.25, -0.2) is 8.42 Å². The molecule has 0 radical (unpaired) electrons. The zero-order valence-electron chi connectivity index (χ0n) is 11.8. The number of hydrogen-bond donors (Lipinski definition) is 0. The number of fused-ring (bicyclic) bond motifs is 2. The number of alkyl halides is 6. The van der Waals surface area contributed by atoms with Gasteiger partial charge in [-0.15, -0.1) is 0 Å². The summed E-state index contributed by atoms with van der Waals surface area (Å²) < 4.78 is 94.7. The maximum Gasteiger partial charge on any atom is 0.415 e. The quantitative estimate of drug-likeness (QED) is 0.450. The van der Waals surface area contributed by atoms with Crippen LogP contribution in [0.4, 0.5) is 22.0 Å². The minimum atomic E-state index is -5.57. The van der Waals surface area contributed by atoms with Crippen LogP contribution in [0.25, 0.3) is 0 Å². The Labute approximate surface area is 139 Å². The highest BCUT2D eigenvalue weighted by atomic mass is 35.5. The van der Waals surface area contributed by atoms with Gasteiger partial charge in [0.05, 0.1) is 4.90 Å². The fourth-order valence-corrected chi connectivity index (χ4v) is 5.86. The van der Waals surface area contributed by atoms with Crippen LogP contribution in [0.3, 0.4) is 0 Å². The summed E-state index contributed by atoms with van der Waals surface area (Å²) in [6, 6.07) is 4.83. The predicted molar refractivity (Wildman–Crippen MR) is 76.1 cm³/mol. The topological polar surface area (TPSA) is 37.4 Å². The van der Waals surface area contributed by atoms with Gasteiger partial charge in [0.25, 0.3) is 0 Å². The molecule has 0 spiro atoms. The lowest BCUT2D eigenvalue weighted by atomic mass is 9.85. The molecule has 1 aromatic rings. The summed E-state index contributed by atoms with van der Waals surface area (Å²) in [5, 5.41) is -4.84. The highest BCUT2D eigenvalue weighted by Gasteiger charge is 2.81. The third kappa shape index (κ3) is 2.14. The Bertz CT molecular complexity index is 759. The standard InChI is InChI=1S/C14H11ClF5NO2S/c15-13(16,17)12(14(18,19)20)9-6-7-10(8-9)21(12)24(22,23)11-4-2-1-3-5-11/h1-7,9-10H,8H2/t9-,10-,12-/m0/s1. The average Bonchev–Trinajstić information content (AvgIpc) is 3.05. The van der Waals surface area contributed by atoms with E-state index in [1.54, 1.807) is 0 Å². The Morgan fingerprint density at radius 1 is 1.08 bits per heavy atom. The number of rotatable bonds is 3. The first-order valence-corrected chi connectivity index (χ1v) is 8.67. The molecule has 0 aromatic heterocycles. The van der Waals surface area contributed by atoms with Gasteiger partial charge in [-0.05, 0) is 30.2 Å². The molecule has 3 nitrogen and oxygen atoms in total. The molecule has 1 aromatic carbocycles. The Balaban J connectivity index is 2.28. The SMILES string of the molecule is O=S(=O)(c1ccccc1)N1[C@H]2C=C[C@@H](C2)[C@@]1(C(F)(F)F)C(F)(F)Cl. The van der Waals surface area contributed by atoms with E-state index < -0.39 is 50.4 Å². The van der Waals surface area contributed by atoms with Gasteiger partial charge in [0, 0.05) is 12.0 Å².